The summed E-state index contributed by atoms with van der Waals surface area (Å²) < 4.78 is 1.78. The summed E-state index contributed by atoms with van der Waals surface area (Å²) in [6.45, 7) is 0. The fourth-order valence-corrected chi connectivity index (χ4v) is 2.79. The molecular weight excluding hydrogens is 252 g/mol. The number of hydrogen-bond acceptors (Lipinski definition) is 3. The lowest BCUT2D eigenvalue weighted by molar-refractivity contribution is -0.117. The van der Waals surface area contributed by atoms with Crippen LogP contribution >= 0.6 is 0 Å². The van der Waals surface area contributed by atoms with E-state index in [1.165, 1.54) is 6.33 Å². The van der Waals surface area contributed by atoms with Gasteiger partial charge in [-0.05, 0) is 16.3 Å². The molecule has 0 aliphatic carbocycles. The molecule has 0 saturated heterocycles. The third kappa shape index (κ3) is 1.60. The minimum atomic E-state index is -0.104. The highest BCUT2D eigenvalue weighted by molar-refractivity contribution is 5.92. The number of rotatable bonds is 1. The molecule has 1 N–H and O–H groups in total. The summed E-state index contributed by atoms with van der Waals surface area (Å²) >= 11 is 0. The second-order valence-electron chi connectivity index (χ2n) is 4.86. The van der Waals surface area contributed by atoms with Gasteiger partial charge in [-0.25, -0.2) is 4.68 Å². The number of anilines is 1. The van der Waals surface area contributed by atoms with Crippen LogP contribution in [-0.4, -0.2) is 20.7 Å². The summed E-state index contributed by atoms with van der Waals surface area (Å²) in [6, 6.07) is 14.2. The lowest BCUT2D eigenvalue weighted by Crippen LogP contribution is -2.29. The zero-order valence-electron chi connectivity index (χ0n) is 10.7. The molecule has 5 nitrogen and oxygen atoms in total. The van der Waals surface area contributed by atoms with Crippen LogP contribution in [-0.2, 0) is 4.79 Å². The molecule has 20 heavy (non-hydrogen) atoms. The number of fused-ring (bicyclic) bond motifs is 2. The van der Waals surface area contributed by atoms with Gasteiger partial charge in [0.05, 0.1) is 12.5 Å². The van der Waals surface area contributed by atoms with Crippen molar-refractivity contribution in [1.29, 1.82) is 0 Å². The van der Waals surface area contributed by atoms with E-state index >= 15 is 0 Å². The first-order valence-electron chi connectivity index (χ1n) is 6.50. The number of aromatic nitrogens is 3. The van der Waals surface area contributed by atoms with Gasteiger partial charge in [-0.3, -0.25) is 10.1 Å². The monoisotopic (exact) mass is 264 g/mol. The summed E-state index contributed by atoms with van der Waals surface area (Å²) in [5, 5.41) is 9.30. The van der Waals surface area contributed by atoms with Crippen LogP contribution in [0.5, 0.6) is 0 Å². The predicted octanol–water partition coefficient (Wildman–Crippen LogP) is 2.36. The van der Waals surface area contributed by atoms with Gasteiger partial charge in [-0.2, -0.15) is 10.1 Å². The Morgan fingerprint density at radius 3 is 2.95 bits per heavy atom. The SMILES string of the molecule is O=C1C[C@H](c2cccc3ccccc23)n2ncnc2N1. The highest BCUT2D eigenvalue weighted by Crippen LogP contribution is 2.32. The Balaban J connectivity index is 1.94. The normalized spacial score (nSPS) is 17.8. The van der Waals surface area contributed by atoms with E-state index in [0.717, 1.165) is 16.3 Å². The first-order chi connectivity index (χ1) is 9.83. The fraction of sp³-hybridized carbons (Fsp3) is 0.133. The first-order valence-corrected chi connectivity index (χ1v) is 6.50. The molecule has 0 saturated carbocycles. The number of benzene rings is 2. The molecule has 0 bridgehead atoms. The van der Waals surface area contributed by atoms with E-state index in [0.29, 0.717) is 12.4 Å². The molecule has 0 fully saturated rings. The molecule has 5 heteroatoms. The quantitative estimate of drug-likeness (QED) is 0.734. The zero-order valence-corrected chi connectivity index (χ0v) is 10.7. The number of carbonyl (C=O) groups excluding carboxylic acids is 1. The smallest absolute Gasteiger partial charge is 0.229 e. The molecule has 3 aromatic rings. The van der Waals surface area contributed by atoms with Crippen LogP contribution in [0, 0.1) is 0 Å². The topological polar surface area (TPSA) is 59.8 Å². The third-order valence-electron chi connectivity index (χ3n) is 3.68. The van der Waals surface area contributed by atoms with Crippen molar-refractivity contribution < 1.29 is 4.79 Å². The summed E-state index contributed by atoms with van der Waals surface area (Å²) in [7, 11) is 0. The van der Waals surface area contributed by atoms with Gasteiger partial charge in [0.2, 0.25) is 11.9 Å². The second-order valence-corrected chi connectivity index (χ2v) is 4.86. The standard InChI is InChI=1S/C15H12N4O/c20-14-8-13(19-15(18-14)16-9-17-19)12-7-3-5-10-4-1-2-6-11(10)12/h1-7,9,13H,8H2,(H,16,17,18,20)/t13-/m1/s1. The lowest BCUT2D eigenvalue weighted by Gasteiger charge is -2.24. The van der Waals surface area contributed by atoms with Gasteiger partial charge in [-0.15, -0.1) is 0 Å². The van der Waals surface area contributed by atoms with Crippen molar-refractivity contribution in [2.75, 3.05) is 5.32 Å². The second kappa shape index (κ2) is 4.16. The molecule has 1 aliphatic rings. The Kier molecular flexibility index (Phi) is 2.32. The van der Waals surface area contributed by atoms with Crippen LogP contribution in [0.25, 0.3) is 10.8 Å². The van der Waals surface area contributed by atoms with E-state index in [9.17, 15) is 4.79 Å². The maximum atomic E-state index is 11.9. The van der Waals surface area contributed by atoms with Crippen molar-refractivity contribution in [3.8, 4) is 0 Å². The number of nitrogens with zero attached hydrogens (tertiary/aromatic N) is 3. The van der Waals surface area contributed by atoms with Gasteiger partial charge in [0.1, 0.15) is 6.33 Å². The highest BCUT2D eigenvalue weighted by atomic mass is 16.2. The van der Waals surface area contributed by atoms with Crippen molar-refractivity contribution in [1.82, 2.24) is 14.8 Å². The zero-order chi connectivity index (χ0) is 13.5. The number of carbonyl (C=O) groups is 1. The molecule has 1 amide bonds. The lowest BCUT2D eigenvalue weighted by atomic mass is 9.96. The van der Waals surface area contributed by atoms with Crippen molar-refractivity contribution in [3.63, 3.8) is 0 Å². The molecule has 4 rings (SSSR count). The van der Waals surface area contributed by atoms with Crippen molar-refractivity contribution in [3.05, 3.63) is 54.4 Å². The van der Waals surface area contributed by atoms with E-state index in [1.54, 1.807) is 4.68 Å². The Hall–Kier alpha value is -2.69. The number of nitrogens with one attached hydrogen (secondary N) is 1. The van der Waals surface area contributed by atoms with E-state index in [2.05, 4.69) is 39.7 Å². The molecule has 2 heterocycles. The maximum Gasteiger partial charge on any atom is 0.229 e. The summed E-state index contributed by atoms with van der Waals surface area (Å²) in [5.41, 5.74) is 1.10. The van der Waals surface area contributed by atoms with Crippen molar-refractivity contribution in [2.24, 2.45) is 0 Å². The minimum Gasteiger partial charge on any atom is -0.295 e. The molecule has 0 unspecified atom stereocenters. The summed E-state index contributed by atoms with van der Waals surface area (Å²) in [6.07, 6.45) is 1.85. The largest absolute Gasteiger partial charge is 0.295 e. The fourth-order valence-electron chi connectivity index (χ4n) is 2.79. The average Bonchev–Trinajstić information content (AvgIpc) is 2.94. The van der Waals surface area contributed by atoms with Crippen molar-refractivity contribution >= 4 is 22.6 Å². The molecule has 1 aliphatic heterocycles. The van der Waals surface area contributed by atoms with E-state index in [1.807, 2.05) is 18.2 Å². The van der Waals surface area contributed by atoms with E-state index < -0.39 is 0 Å². The predicted molar refractivity (Wildman–Crippen MR) is 75.4 cm³/mol. The van der Waals surface area contributed by atoms with Crippen molar-refractivity contribution in [2.45, 2.75) is 12.5 Å². The maximum absolute atomic E-state index is 11.9. The number of hydrogen-bond donors (Lipinski definition) is 1. The molecule has 0 spiro atoms. The molecule has 98 valence electrons. The van der Waals surface area contributed by atoms with Gasteiger partial charge in [0, 0.05) is 0 Å². The van der Waals surface area contributed by atoms with Crippen LogP contribution in [0.4, 0.5) is 5.95 Å². The Bertz CT molecular complexity index is 803. The minimum absolute atomic E-state index is 0.0246. The van der Waals surface area contributed by atoms with Crippen LogP contribution in [0.2, 0.25) is 0 Å². The Morgan fingerprint density at radius 2 is 2.00 bits per heavy atom. The van der Waals surface area contributed by atoms with Gasteiger partial charge >= 0.3 is 0 Å². The first kappa shape index (κ1) is 11.2. The van der Waals surface area contributed by atoms with Gasteiger partial charge < -0.3 is 0 Å². The van der Waals surface area contributed by atoms with Gasteiger partial charge in [-0.1, -0.05) is 42.5 Å². The molecule has 0 radical (unpaired) electrons. The van der Waals surface area contributed by atoms with Crippen LogP contribution in [0.3, 0.4) is 0 Å². The molecule has 2 aromatic carbocycles. The molecule has 1 atom stereocenters. The van der Waals surface area contributed by atoms with Gasteiger partial charge in [0.15, 0.2) is 0 Å². The van der Waals surface area contributed by atoms with Crippen LogP contribution in [0.15, 0.2) is 48.8 Å². The van der Waals surface area contributed by atoms with E-state index in [4.69, 9.17) is 0 Å². The molecule has 1 aromatic heterocycles. The Morgan fingerprint density at radius 1 is 1.15 bits per heavy atom. The van der Waals surface area contributed by atoms with Crippen LogP contribution < -0.4 is 5.32 Å². The van der Waals surface area contributed by atoms with Gasteiger partial charge in [0.25, 0.3) is 0 Å². The highest BCUT2D eigenvalue weighted by Gasteiger charge is 2.28. The third-order valence-corrected chi connectivity index (χ3v) is 3.68. The molecular formula is C15H12N4O. The number of amides is 1. The van der Waals surface area contributed by atoms with E-state index in [-0.39, 0.29) is 11.9 Å². The summed E-state index contributed by atoms with van der Waals surface area (Å²) in [5.74, 6) is 0.489. The Labute approximate surface area is 115 Å². The average molecular weight is 264 g/mol. The van der Waals surface area contributed by atoms with Crippen LogP contribution in [0.1, 0.15) is 18.0 Å². The summed E-state index contributed by atoms with van der Waals surface area (Å²) in [4.78, 5) is 15.9.